The molecule has 92 valence electrons. The normalized spacial score (nSPS) is 10.3. The van der Waals surface area contributed by atoms with Crippen LogP contribution in [0.5, 0.6) is 0 Å². The lowest BCUT2D eigenvalue weighted by Gasteiger charge is -2.07. The van der Waals surface area contributed by atoms with Gasteiger partial charge < -0.3 is 10.8 Å². The maximum Gasteiger partial charge on any atom is 0.341 e. The molecule has 0 aliphatic heterocycles. The predicted octanol–water partition coefficient (Wildman–Crippen LogP) is 2.49. The van der Waals surface area contributed by atoms with Crippen LogP contribution in [0.2, 0.25) is 0 Å². The van der Waals surface area contributed by atoms with E-state index in [9.17, 15) is 4.79 Å². The Balaban J connectivity index is 2.55. The highest BCUT2D eigenvalue weighted by Crippen LogP contribution is 2.25. The lowest BCUT2D eigenvalue weighted by Crippen LogP contribution is -2.07. The number of carboxylic acid groups (broad SMARTS) is 1. The van der Waals surface area contributed by atoms with Crippen molar-refractivity contribution in [1.29, 1.82) is 0 Å². The molecule has 0 atom stereocenters. The monoisotopic (exact) mass is 307 g/mol. The van der Waals surface area contributed by atoms with Crippen molar-refractivity contribution >= 4 is 27.7 Å². The molecule has 0 aliphatic rings. The van der Waals surface area contributed by atoms with Gasteiger partial charge in [-0.25, -0.2) is 14.8 Å². The number of halogens is 1. The minimum Gasteiger partial charge on any atom is -0.477 e. The van der Waals surface area contributed by atoms with Gasteiger partial charge in [0, 0.05) is 16.2 Å². The summed E-state index contributed by atoms with van der Waals surface area (Å²) >= 11 is 3.37. The topological polar surface area (TPSA) is 89.1 Å². The van der Waals surface area contributed by atoms with E-state index in [0.29, 0.717) is 5.82 Å². The Hall–Kier alpha value is -1.95. The van der Waals surface area contributed by atoms with Gasteiger partial charge in [0.05, 0.1) is 0 Å². The van der Waals surface area contributed by atoms with Crippen molar-refractivity contribution < 1.29 is 9.90 Å². The van der Waals surface area contributed by atoms with Gasteiger partial charge in [-0.05, 0) is 24.6 Å². The number of nitrogen functional groups attached to an aromatic ring is 1. The largest absolute Gasteiger partial charge is 0.477 e. The summed E-state index contributed by atoms with van der Waals surface area (Å²) in [7, 11) is 0. The van der Waals surface area contributed by atoms with E-state index in [-0.39, 0.29) is 11.4 Å². The van der Waals surface area contributed by atoms with Crippen LogP contribution in [0.25, 0.3) is 11.4 Å². The highest BCUT2D eigenvalue weighted by Gasteiger charge is 2.13. The standard InChI is InChI=1S/C12H10BrN3O2/c1-6-2-3-7(13)4-8(6)11-15-5-9(12(17)18)10(14)16-11/h2-5H,1H3,(H,17,18)(H2,14,15,16). The Morgan fingerprint density at radius 2 is 2.17 bits per heavy atom. The van der Waals surface area contributed by atoms with E-state index in [1.54, 1.807) is 0 Å². The summed E-state index contributed by atoms with van der Waals surface area (Å²) in [5.41, 5.74) is 7.31. The molecule has 0 spiro atoms. The summed E-state index contributed by atoms with van der Waals surface area (Å²) in [5.74, 6) is -0.756. The van der Waals surface area contributed by atoms with Crippen molar-refractivity contribution in [1.82, 2.24) is 9.97 Å². The number of hydrogen-bond acceptors (Lipinski definition) is 4. The number of benzene rings is 1. The van der Waals surface area contributed by atoms with E-state index in [2.05, 4.69) is 25.9 Å². The number of hydrogen-bond donors (Lipinski definition) is 2. The average molecular weight is 308 g/mol. The van der Waals surface area contributed by atoms with Crippen molar-refractivity contribution in [3.63, 3.8) is 0 Å². The number of aromatic carboxylic acids is 1. The van der Waals surface area contributed by atoms with Crippen LogP contribution in [0.15, 0.2) is 28.9 Å². The summed E-state index contributed by atoms with van der Waals surface area (Å²) in [5, 5.41) is 8.86. The fraction of sp³-hybridized carbons (Fsp3) is 0.0833. The summed E-state index contributed by atoms with van der Waals surface area (Å²) < 4.78 is 0.896. The molecule has 1 aromatic heterocycles. The highest BCUT2D eigenvalue weighted by atomic mass is 79.9. The second-order valence-electron chi connectivity index (χ2n) is 3.76. The van der Waals surface area contributed by atoms with Crippen LogP contribution in [0.3, 0.4) is 0 Å². The fourth-order valence-electron chi connectivity index (χ4n) is 1.52. The zero-order chi connectivity index (χ0) is 13.3. The van der Waals surface area contributed by atoms with Gasteiger partial charge in [-0.1, -0.05) is 22.0 Å². The minimum absolute atomic E-state index is 0.0353. The Labute approximate surface area is 112 Å². The second kappa shape index (κ2) is 4.73. The lowest BCUT2D eigenvalue weighted by atomic mass is 10.1. The molecule has 0 unspecified atom stereocenters. The van der Waals surface area contributed by atoms with Gasteiger partial charge in [0.25, 0.3) is 0 Å². The van der Waals surface area contributed by atoms with Crippen LogP contribution in [-0.2, 0) is 0 Å². The van der Waals surface area contributed by atoms with Gasteiger partial charge in [0.1, 0.15) is 11.4 Å². The molecule has 2 aromatic rings. The maximum absolute atomic E-state index is 10.8. The molecule has 0 aliphatic carbocycles. The van der Waals surface area contributed by atoms with Crippen molar-refractivity contribution in [2.24, 2.45) is 0 Å². The average Bonchev–Trinajstić information content (AvgIpc) is 2.31. The summed E-state index contributed by atoms with van der Waals surface area (Å²) in [6.07, 6.45) is 1.22. The first kappa shape index (κ1) is 12.5. The zero-order valence-corrected chi connectivity index (χ0v) is 11.1. The van der Waals surface area contributed by atoms with Crippen LogP contribution < -0.4 is 5.73 Å². The van der Waals surface area contributed by atoms with Crippen LogP contribution >= 0.6 is 15.9 Å². The fourth-order valence-corrected chi connectivity index (χ4v) is 1.89. The van der Waals surface area contributed by atoms with Crippen LogP contribution in [0.4, 0.5) is 5.82 Å². The van der Waals surface area contributed by atoms with Gasteiger partial charge in [-0.15, -0.1) is 0 Å². The Morgan fingerprint density at radius 1 is 1.44 bits per heavy atom. The summed E-state index contributed by atoms with van der Waals surface area (Å²) in [6, 6.07) is 5.70. The molecule has 0 radical (unpaired) electrons. The molecule has 1 aromatic carbocycles. The number of nitrogens with zero attached hydrogens (tertiary/aromatic N) is 2. The first-order chi connectivity index (χ1) is 8.49. The van der Waals surface area contributed by atoms with E-state index in [4.69, 9.17) is 10.8 Å². The van der Waals surface area contributed by atoms with Crippen molar-refractivity contribution in [3.8, 4) is 11.4 Å². The molecule has 3 N–H and O–H groups in total. The molecule has 0 bridgehead atoms. The van der Waals surface area contributed by atoms with Gasteiger partial charge in [0.2, 0.25) is 0 Å². The molecule has 18 heavy (non-hydrogen) atoms. The van der Waals surface area contributed by atoms with Gasteiger partial charge >= 0.3 is 5.97 Å². The van der Waals surface area contributed by atoms with E-state index < -0.39 is 5.97 Å². The van der Waals surface area contributed by atoms with E-state index in [1.807, 2.05) is 25.1 Å². The number of aryl methyl sites for hydroxylation is 1. The smallest absolute Gasteiger partial charge is 0.341 e. The predicted molar refractivity (Wildman–Crippen MR) is 71.3 cm³/mol. The number of carbonyl (C=O) groups is 1. The van der Waals surface area contributed by atoms with Gasteiger partial charge in [-0.3, -0.25) is 0 Å². The Kier molecular flexibility index (Phi) is 3.29. The number of carboxylic acids is 1. The zero-order valence-electron chi connectivity index (χ0n) is 9.51. The summed E-state index contributed by atoms with van der Waals surface area (Å²) in [6.45, 7) is 1.92. The van der Waals surface area contributed by atoms with Crippen LogP contribution in [0.1, 0.15) is 15.9 Å². The van der Waals surface area contributed by atoms with Crippen molar-refractivity contribution in [3.05, 3.63) is 40.0 Å². The van der Waals surface area contributed by atoms with Crippen LogP contribution in [0, 0.1) is 6.92 Å². The van der Waals surface area contributed by atoms with Crippen molar-refractivity contribution in [2.75, 3.05) is 5.73 Å². The molecular weight excluding hydrogens is 298 g/mol. The molecule has 5 nitrogen and oxygen atoms in total. The third-order valence-corrected chi connectivity index (χ3v) is 2.98. The molecular formula is C12H10BrN3O2. The molecule has 2 rings (SSSR count). The molecule has 0 fully saturated rings. The number of nitrogens with two attached hydrogens (primary N) is 1. The van der Waals surface area contributed by atoms with Gasteiger partial charge in [-0.2, -0.15) is 0 Å². The first-order valence-electron chi connectivity index (χ1n) is 5.11. The number of anilines is 1. The van der Waals surface area contributed by atoms with Gasteiger partial charge in [0.15, 0.2) is 5.82 Å². The van der Waals surface area contributed by atoms with E-state index in [1.165, 1.54) is 6.20 Å². The molecule has 1 heterocycles. The Bertz CT molecular complexity index is 629. The second-order valence-corrected chi connectivity index (χ2v) is 4.67. The quantitative estimate of drug-likeness (QED) is 0.889. The molecule has 0 amide bonds. The number of aromatic nitrogens is 2. The minimum atomic E-state index is -1.13. The van der Waals surface area contributed by atoms with E-state index in [0.717, 1.165) is 15.6 Å². The first-order valence-corrected chi connectivity index (χ1v) is 5.90. The highest BCUT2D eigenvalue weighted by molar-refractivity contribution is 9.10. The molecule has 0 saturated carbocycles. The molecule has 0 saturated heterocycles. The third-order valence-electron chi connectivity index (χ3n) is 2.49. The maximum atomic E-state index is 10.8. The van der Waals surface area contributed by atoms with E-state index >= 15 is 0 Å². The van der Waals surface area contributed by atoms with Crippen LogP contribution in [-0.4, -0.2) is 21.0 Å². The SMILES string of the molecule is Cc1ccc(Br)cc1-c1ncc(C(=O)O)c(N)n1. The lowest BCUT2D eigenvalue weighted by molar-refractivity contribution is 0.0697. The summed E-state index contributed by atoms with van der Waals surface area (Å²) in [4.78, 5) is 18.9. The number of rotatable bonds is 2. The third kappa shape index (κ3) is 2.33. The molecule has 6 heteroatoms. The Morgan fingerprint density at radius 3 is 2.78 bits per heavy atom. The van der Waals surface area contributed by atoms with Crippen molar-refractivity contribution in [2.45, 2.75) is 6.92 Å².